The van der Waals surface area contributed by atoms with Crippen molar-refractivity contribution in [2.45, 2.75) is 39.5 Å². The third kappa shape index (κ3) is 3.03. The minimum Gasteiger partial charge on any atom is -0.342 e. The molecule has 2 aliphatic heterocycles. The number of carbonyl (C=O) groups excluding carboxylic acids is 2. The topological polar surface area (TPSA) is 40.6 Å². The predicted octanol–water partition coefficient (Wildman–Crippen LogP) is 1.50. The Morgan fingerprint density at radius 1 is 1.33 bits per heavy atom. The molecule has 0 N–H and O–H groups in total. The summed E-state index contributed by atoms with van der Waals surface area (Å²) in [4.78, 5) is 27.9. The van der Waals surface area contributed by atoms with Crippen molar-refractivity contribution in [3.8, 4) is 0 Å². The molecule has 0 radical (unpaired) electrons. The minimum atomic E-state index is -0.0808. The van der Waals surface area contributed by atoms with Crippen molar-refractivity contribution in [2.75, 3.05) is 26.2 Å². The minimum absolute atomic E-state index is 0.0808. The van der Waals surface area contributed by atoms with E-state index in [2.05, 4.69) is 13.8 Å². The molecular formula is C14H24N2O2. The van der Waals surface area contributed by atoms with Crippen LogP contribution in [-0.4, -0.2) is 47.8 Å². The maximum atomic E-state index is 12.2. The molecule has 2 aliphatic rings. The molecule has 2 amide bonds. The Hall–Kier alpha value is -1.06. The highest BCUT2D eigenvalue weighted by atomic mass is 16.2. The van der Waals surface area contributed by atoms with E-state index in [-0.39, 0.29) is 17.7 Å². The Morgan fingerprint density at radius 3 is 2.61 bits per heavy atom. The first-order chi connectivity index (χ1) is 8.58. The Kier molecular flexibility index (Phi) is 4.25. The summed E-state index contributed by atoms with van der Waals surface area (Å²) in [5, 5.41) is 0. The van der Waals surface area contributed by atoms with E-state index in [9.17, 15) is 9.59 Å². The zero-order valence-corrected chi connectivity index (χ0v) is 11.5. The van der Waals surface area contributed by atoms with Crippen LogP contribution < -0.4 is 0 Å². The fraction of sp³-hybridized carbons (Fsp3) is 0.857. The number of carbonyl (C=O) groups is 2. The molecule has 0 saturated carbocycles. The molecule has 0 bridgehead atoms. The van der Waals surface area contributed by atoms with Crippen LogP contribution in [-0.2, 0) is 9.59 Å². The lowest BCUT2D eigenvalue weighted by molar-refractivity contribution is -0.134. The van der Waals surface area contributed by atoms with Gasteiger partial charge in [0.1, 0.15) is 0 Å². The molecular weight excluding hydrogens is 228 g/mol. The van der Waals surface area contributed by atoms with Crippen LogP contribution in [0.25, 0.3) is 0 Å². The zero-order chi connectivity index (χ0) is 13.1. The SMILES string of the molecule is CC(C)CCN1C[C@@H](C(=O)N2CCCC2)CC1=O. The Morgan fingerprint density at radius 2 is 2.00 bits per heavy atom. The Labute approximate surface area is 109 Å². The van der Waals surface area contributed by atoms with Crippen LogP contribution in [0.1, 0.15) is 39.5 Å². The highest BCUT2D eigenvalue weighted by molar-refractivity contribution is 5.89. The third-order valence-electron chi connectivity index (χ3n) is 3.96. The monoisotopic (exact) mass is 252 g/mol. The van der Waals surface area contributed by atoms with Crippen LogP contribution in [0.4, 0.5) is 0 Å². The predicted molar refractivity (Wildman–Crippen MR) is 70.0 cm³/mol. The molecule has 4 nitrogen and oxygen atoms in total. The summed E-state index contributed by atoms with van der Waals surface area (Å²) in [7, 11) is 0. The lowest BCUT2D eigenvalue weighted by Gasteiger charge is -2.20. The van der Waals surface area contributed by atoms with Gasteiger partial charge < -0.3 is 9.80 Å². The van der Waals surface area contributed by atoms with Gasteiger partial charge in [-0.15, -0.1) is 0 Å². The number of hydrogen-bond acceptors (Lipinski definition) is 2. The zero-order valence-electron chi connectivity index (χ0n) is 11.5. The largest absolute Gasteiger partial charge is 0.342 e. The van der Waals surface area contributed by atoms with Crippen LogP contribution in [0, 0.1) is 11.8 Å². The number of amides is 2. The number of likely N-dealkylation sites (tertiary alicyclic amines) is 2. The van der Waals surface area contributed by atoms with Crippen molar-refractivity contribution >= 4 is 11.8 Å². The van der Waals surface area contributed by atoms with E-state index < -0.39 is 0 Å². The van der Waals surface area contributed by atoms with Gasteiger partial charge in [-0.3, -0.25) is 9.59 Å². The molecule has 18 heavy (non-hydrogen) atoms. The van der Waals surface area contributed by atoms with Crippen molar-refractivity contribution in [3.63, 3.8) is 0 Å². The van der Waals surface area contributed by atoms with E-state index in [1.54, 1.807) is 0 Å². The molecule has 2 fully saturated rings. The standard InChI is InChI=1S/C14H24N2O2/c1-11(2)5-8-16-10-12(9-13(16)17)14(18)15-6-3-4-7-15/h11-12H,3-10H2,1-2H3/t12-/m0/s1. The van der Waals surface area contributed by atoms with Gasteiger partial charge in [0.2, 0.25) is 11.8 Å². The Bertz CT molecular complexity index is 322. The second-order valence-electron chi connectivity index (χ2n) is 5.96. The average molecular weight is 252 g/mol. The first-order valence-corrected chi connectivity index (χ1v) is 7.14. The highest BCUT2D eigenvalue weighted by Crippen LogP contribution is 2.22. The first kappa shape index (κ1) is 13.4. The van der Waals surface area contributed by atoms with Gasteiger partial charge in [-0.25, -0.2) is 0 Å². The molecule has 2 rings (SSSR count). The van der Waals surface area contributed by atoms with Gasteiger partial charge in [0.05, 0.1) is 5.92 Å². The summed E-state index contributed by atoms with van der Waals surface area (Å²) in [6.07, 6.45) is 3.68. The number of rotatable bonds is 4. The van der Waals surface area contributed by atoms with Crippen LogP contribution in [0.5, 0.6) is 0 Å². The molecule has 4 heteroatoms. The van der Waals surface area contributed by atoms with Crippen molar-refractivity contribution in [3.05, 3.63) is 0 Å². The van der Waals surface area contributed by atoms with Gasteiger partial charge in [-0.1, -0.05) is 13.8 Å². The molecule has 2 heterocycles. The molecule has 0 aromatic rings. The molecule has 1 atom stereocenters. The van der Waals surface area contributed by atoms with E-state index >= 15 is 0 Å². The Balaban J connectivity index is 1.85. The second kappa shape index (κ2) is 5.72. The molecule has 0 aliphatic carbocycles. The number of nitrogens with zero attached hydrogens (tertiary/aromatic N) is 2. The summed E-state index contributed by atoms with van der Waals surface area (Å²) in [6.45, 7) is 7.53. The van der Waals surface area contributed by atoms with E-state index in [1.165, 1.54) is 0 Å². The number of hydrogen-bond donors (Lipinski definition) is 0. The lowest BCUT2D eigenvalue weighted by Crippen LogP contribution is -2.35. The summed E-state index contributed by atoms with van der Waals surface area (Å²) in [6, 6.07) is 0. The first-order valence-electron chi connectivity index (χ1n) is 7.14. The van der Waals surface area contributed by atoms with E-state index in [0.29, 0.717) is 18.9 Å². The highest BCUT2D eigenvalue weighted by Gasteiger charge is 2.36. The van der Waals surface area contributed by atoms with Crippen molar-refractivity contribution < 1.29 is 9.59 Å². The van der Waals surface area contributed by atoms with Crippen molar-refractivity contribution in [1.29, 1.82) is 0 Å². The molecule has 2 saturated heterocycles. The van der Waals surface area contributed by atoms with Crippen LogP contribution in [0.3, 0.4) is 0 Å². The van der Waals surface area contributed by atoms with Gasteiger partial charge in [-0.2, -0.15) is 0 Å². The second-order valence-corrected chi connectivity index (χ2v) is 5.96. The maximum Gasteiger partial charge on any atom is 0.227 e. The quantitative estimate of drug-likeness (QED) is 0.761. The van der Waals surface area contributed by atoms with Crippen molar-refractivity contribution in [1.82, 2.24) is 9.80 Å². The van der Waals surface area contributed by atoms with E-state index in [4.69, 9.17) is 0 Å². The summed E-state index contributed by atoms with van der Waals surface area (Å²) in [5.74, 6) is 0.884. The average Bonchev–Trinajstić information content (AvgIpc) is 2.94. The smallest absolute Gasteiger partial charge is 0.227 e. The van der Waals surface area contributed by atoms with Gasteiger partial charge >= 0.3 is 0 Å². The molecule has 0 spiro atoms. The van der Waals surface area contributed by atoms with E-state index in [0.717, 1.165) is 38.9 Å². The molecule has 0 unspecified atom stereocenters. The van der Waals surface area contributed by atoms with Crippen LogP contribution in [0.15, 0.2) is 0 Å². The van der Waals surface area contributed by atoms with Gasteiger partial charge in [0.25, 0.3) is 0 Å². The molecule has 0 aromatic heterocycles. The third-order valence-corrected chi connectivity index (χ3v) is 3.96. The maximum absolute atomic E-state index is 12.2. The lowest BCUT2D eigenvalue weighted by atomic mass is 10.1. The fourth-order valence-electron chi connectivity index (χ4n) is 2.76. The summed E-state index contributed by atoms with van der Waals surface area (Å²) >= 11 is 0. The van der Waals surface area contributed by atoms with Crippen LogP contribution >= 0.6 is 0 Å². The summed E-state index contributed by atoms with van der Waals surface area (Å²) in [5.41, 5.74) is 0. The van der Waals surface area contributed by atoms with Gasteiger partial charge in [-0.05, 0) is 25.2 Å². The molecule has 102 valence electrons. The van der Waals surface area contributed by atoms with E-state index in [1.807, 2.05) is 9.80 Å². The fourth-order valence-corrected chi connectivity index (χ4v) is 2.76. The summed E-state index contributed by atoms with van der Waals surface area (Å²) < 4.78 is 0. The van der Waals surface area contributed by atoms with Gasteiger partial charge in [0.15, 0.2) is 0 Å². The molecule has 0 aromatic carbocycles. The normalized spacial score (nSPS) is 24.4. The van der Waals surface area contributed by atoms with Gasteiger partial charge in [0, 0.05) is 32.6 Å². The van der Waals surface area contributed by atoms with Crippen LogP contribution in [0.2, 0.25) is 0 Å². The van der Waals surface area contributed by atoms with Crippen molar-refractivity contribution in [2.24, 2.45) is 11.8 Å².